The Balaban J connectivity index is 2.25. The molecule has 19 heavy (non-hydrogen) atoms. The number of benzene rings is 1. The molecule has 100 valence electrons. The number of pyridine rings is 1. The highest BCUT2D eigenvalue weighted by Gasteiger charge is 2.11. The van der Waals surface area contributed by atoms with Crippen LogP contribution >= 0.6 is 0 Å². The molecule has 1 atom stereocenters. The molecule has 0 amide bonds. The van der Waals surface area contributed by atoms with Crippen LogP contribution in [0.4, 0.5) is 0 Å². The van der Waals surface area contributed by atoms with E-state index in [1.54, 1.807) is 0 Å². The molecule has 0 bridgehead atoms. The van der Waals surface area contributed by atoms with Crippen LogP contribution in [-0.4, -0.2) is 16.7 Å². The smallest absolute Gasteiger partial charge is 0.119 e. The molecule has 0 saturated heterocycles. The van der Waals surface area contributed by atoms with E-state index in [0.29, 0.717) is 6.61 Å². The standard InChI is InChI=1S/C16H19NO2/c1-4-19-15-7-5-13(6-8-15)16(18)14-9-11(2)17-12(3)10-14/h5-10,16,18H,4H2,1-3H3. The van der Waals surface area contributed by atoms with Crippen molar-refractivity contribution in [3.05, 3.63) is 58.9 Å². The van der Waals surface area contributed by atoms with E-state index in [1.807, 2.05) is 57.2 Å². The molecule has 1 N–H and O–H groups in total. The van der Waals surface area contributed by atoms with Gasteiger partial charge in [0.2, 0.25) is 0 Å². The Morgan fingerprint density at radius 3 is 2.16 bits per heavy atom. The molecule has 0 saturated carbocycles. The molecule has 0 aliphatic heterocycles. The second-order valence-corrected chi connectivity index (χ2v) is 4.59. The lowest BCUT2D eigenvalue weighted by Crippen LogP contribution is -2.02. The van der Waals surface area contributed by atoms with Crippen LogP contribution in [0.15, 0.2) is 36.4 Å². The van der Waals surface area contributed by atoms with Gasteiger partial charge in [-0.25, -0.2) is 0 Å². The van der Waals surface area contributed by atoms with Gasteiger partial charge in [-0.05, 0) is 56.2 Å². The van der Waals surface area contributed by atoms with Crippen LogP contribution in [0.1, 0.15) is 35.5 Å². The van der Waals surface area contributed by atoms with Gasteiger partial charge in [-0.3, -0.25) is 4.98 Å². The number of aliphatic hydroxyl groups is 1. The third kappa shape index (κ3) is 3.32. The van der Waals surface area contributed by atoms with Crippen molar-refractivity contribution in [3.8, 4) is 5.75 Å². The van der Waals surface area contributed by atoms with E-state index in [1.165, 1.54) is 0 Å². The first-order chi connectivity index (χ1) is 9.10. The van der Waals surface area contributed by atoms with Crippen molar-refractivity contribution in [2.24, 2.45) is 0 Å². The maximum absolute atomic E-state index is 10.4. The second-order valence-electron chi connectivity index (χ2n) is 4.59. The van der Waals surface area contributed by atoms with Gasteiger partial charge in [-0.2, -0.15) is 0 Å². The van der Waals surface area contributed by atoms with Crippen LogP contribution in [0.25, 0.3) is 0 Å². The summed E-state index contributed by atoms with van der Waals surface area (Å²) in [5.41, 5.74) is 3.56. The summed E-state index contributed by atoms with van der Waals surface area (Å²) in [6.07, 6.45) is -0.629. The van der Waals surface area contributed by atoms with E-state index in [2.05, 4.69) is 4.98 Å². The highest BCUT2D eigenvalue weighted by atomic mass is 16.5. The summed E-state index contributed by atoms with van der Waals surface area (Å²) in [5, 5.41) is 10.4. The topological polar surface area (TPSA) is 42.4 Å². The summed E-state index contributed by atoms with van der Waals surface area (Å²) in [6.45, 7) is 6.46. The molecule has 0 aliphatic carbocycles. The molecule has 3 heteroatoms. The van der Waals surface area contributed by atoms with E-state index < -0.39 is 6.10 Å². The molecule has 0 aliphatic rings. The van der Waals surface area contributed by atoms with Crippen molar-refractivity contribution < 1.29 is 9.84 Å². The van der Waals surface area contributed by atoms with Gasteiger partial charge < -0.3 is 9.84 Å². The fraction of sp³-hybridized carbons (Fsp3) is 0.312. The number of hydrogen-bond acceptors (Lipinski definition) is 3. The average Bonchev–Trinajstić information content (AvgIpc) is 2.38. The number of nitrogens with zero attached hydrogens (tertiary/aromatic N) is 1. The zero-order chi connectivity index (χ0) is 13.8. The summed E-state index contributed by atoms with van der Waals surface area (Å²) >= 11 is 0. The molecular formula is C16H19NO2. The lowest BCUT2D eigenvalue weighted by atomic mass is 10.0. The molecule has 3 nitrogen and oxygen atoms in total. The van der Waals surface area contributed by atoms with Crippen LogP contribution in [0.5, 0.6) is 5.75 Å². The highest BCUT2D eigenvalue weighted by Crippen LogP contribution is 2.24. The Kier molecular flexibility index (Phi) is 4.17. The third-order valence-corrected chi connectivity index (χ3v) is 2.93. The van der Waals surface area contributed by atoms with Crippen molar-refractivity contribution in [1.29, 1.82) is 0 Å². The molecule has 0 radical (unpaired) electrons. The van der Waals surface area contributed by atoms with E-state index in [9.17, 15) is 5.11 Å². The minimum atomic E-state index is -0.629. The fourth-order valence-corrected chi connectivity index (χ4v) is 2.13. The highest BCUT2D eigenvalue weighted by molar-refractivity contribution is 5.35. The van der Waals surface area contributed by atoms with Crippen LogP contribution in [0.2, 0.25) is 0 Å². The predicted octanol–water partition coefficient (Wildman–Crippen LogP) is 3.18. The summed E-state index contributed by atoms with van der Waals surface area (Å²) < 4.78 is 5.39. The normalized spacial score (nSPS) is 12.2. The van der Waals surface area contributed by atoms with Crippen LogP contribution < -0.4 is 4.74 Å². The first-order valence-electron chi connectivity index (χ1n) is 6.46. The van der Waals surface area contributed by atoms with Gasteiger partial charge in [0.15, 0.2) is 0 Å². The van der Waals surface area contributed by atoms with E-state index in [0.717, 1.165) is 28.3 Å². The number of aliphatic hydroxyl groups excluding tert-OH is 1. The number of rotatable bonds is 4. The molecule has 0 fully saturated rings. The van der Waals surface area contributed by atoms with Crippen molar-refractivity contribution in [2.75, 3.05) is 6.61 Å². The van der Waals surface area contributed by atoms with E-state index in [4.69, 9.17) is 4.74 Å². The SMILES string of the molecule is CCOc1ccc(C(O)c2cc(C)nc(C)c2)cc1. The molecule has 2 aromatic rings. The van der Waals surface area contributed by atoms with Crippen molar-refractivity contribution in [2.45, 2.75) is 26.9 Å². The minimum Gasteiger partial charge on any atom is -0.494 e. The zero-order valence-corrected chi connectivity index (χ0v) is 11.6. The maximum Gasteiger partial charge on any atom is 0.119 e. The molecule has 2 rings (SSSR count). The Hall–Kier alpha value is -1.87. The van der Waals surface area contributed by atoms with Crippen molar-refractivity contribution >= 4 is 0 Å². The van der Waals surface area contributed by atoms with Crippen molar-refractivity contribution in [1.82, 2.24) is 4.98 Å². The van der Waals surface area contributed by atoms with Gasteiger partial charge in [0.1, 0.15) is 11.9 Å². The van der Waals surface area contributed by atoms with E-state index in [-0.39, 0.29) is 0 Å². The molecule has 1 heterocycles. The maximum atomic E-state index is 10.4. The quantitative estimate of drug-likeness (QED) is 0.914. The number of aromatic nitrogens is 1. The van der Waals surface area contributed by atoms with Gasteiger partial charge in [0.05, 0.1) is 6.61 Å². The number of hydrogen-bond donors (Lipinski definition) is 1. The van der Waals surface area contributed by atoms with Gasteiger partial charge in [0.25, 0.3) is 0 Å². The number of ether oxygens (including phenoxy) is 1. The largest absolute Gasteiger partial charge is 0.494 e. The van der Waals surface area contributed by atoms with E-state index >= 15 is 0 Å². The Morgan fingerprint density at radius 1 is 1.05 bits per heavy atom. The summed E-state index contributed by atoms with van der Waals surface area (Å²) in [4.78, 5) is 4.32. The minimum absolute atomic E-state index is 0.629. The fourth-order valence-electron chi connectivity index (χ4n) is 2.13. The van der Waals surface area contributed by atoms with Crippen LogP contribution in [0, 0.1) is 13.8 Å². The lowest BCUT2D eigenvalue weighted by Gasteiger charge is -2.13. The summed E-state index contributed by atoms with van der Waals surface area (Å²) in [7, 11) is 0. The Labute approximate surface area is 113 Å². The summed E-state index contributed by atoms with van der Waals surface area (Å²) in [5.74, 6) is 0.820. The monoisotopic (exact) mass is 257 g/mol. The van der Waals surface area contributed by atoms with Crippen LogP contribution in [0.3, 0.4) is 0 Å². The van der Waals surface area contributed by atoms with Gasteiger partial charge in [-0.15, -0.1) is 0 Å². The molecule has 1 aromatic carbocycles. The predicted molar refractivity (Wildman–Crippen MR) is 75.4 cm³/mol. The molecule has 1 unspecified atom stereocenters. The third-order valence-electron chi connectivity index (χ3n) is 2.93. The van der Waals surface area contributed by atoms with Gasteiger partial charge in [-0.1, -0.05) is 12.1 Å². The van der Waals surface area contributed by atoms with Gasteiger partial charge in [0, 0.05) is 11.4 Å². The van der Waals surface area contributed by atoms with Crippen molar-refractivity contribution in [3.63, 3.8) is 0 Å². The number of aryl methyl sites for hydroxylation is 2. The molecule has 0 spiro atoms. The van der Waals surface area contributed by atoms with Crippen LogP contribution in [-0.2, 0) is 0 Å². The second kappa shape index (κ2) is 5.85. The first-order valence-corrected chi connectivity index (χ1v) is 6.46. The summed E-state index contributed by atoms with van der Waals surface area (Å²) in [6, 6.07) is 11.4. The average molecular weight is 257 g/mol. The molecular weight excluding hydrogens is 238 g/mol. The Bertz CT molecular complexity index is 529. The van der Waals surface area contributed by atoms with Gasteiger partial charge >= 0.3 is 0 Å². The first kappa shape index (κ1) is 13.6. The Morgan fingerprint density at radius 2 is 1.63 bits per heavy atom. The lowest BCUT2D eigenvalue weighted by molar-refractivity contribution is 0.220. The molecule has 1 aromatic heterocycles. The zero-order valence-electron chi connectivity index (χ0n) is 11.6.